The summed E-state index contributed by atoms with van der Waals surface area (Å²) in [5, 5.41) is 0. The molecule has 1 aliphatic heterocycles. The number of hydrogen-bond donors (Lipinski definition) is 0. The molecule has 0 radical (unpaired) electrons. The van der Waals surface area contributed by atoms with Gasteiger partial charge in [0.2, 0.25) is 0 Å². The minimum atomic E-state index is 0.235. The van der Waals surface area contributed by atoms with E-state index in [4.69, 9.17) is 9.47 Å². The van der Waals surface area contributed by atoms with Crippen LogP contribution in [0.1, 0.15) is 32.6 Å². The lowest BCUT2D eigenvalue weighted by Crippen LogP contribution is -2.37. The van der Waals surface area contributed by atoms with Crippen LogP contribution in [0.4, 0.5) is 0 Å². The summed E-state index contributed by atoms with van der Waals surface area (Å²) < 4.78 is 11.9. The van der Waals surface area contributed by atoms with Crippen molar-refractivity contribution >= 4 is 0 Å². The zero-order valence-corrected chi connectivity index (χ0v) is 10.9. The Kier molecular flexibility index (Phi) is 3.26. The van der Waals surface area contributed by atoms with Gasteiger partial charge in [-0.2, -0.15) is 0 Å². The average Bonchev–Trinajstić information content (AvgIpc) is 2.47. The topological polar surface area (TPSA) is 18.5 Å². The molecule has 0 bridgehead atoms. The Balaban J connectivity index is 1.66. The predicted octanol–water partition coefficient (Wildman–Crippen LogP) is 3.96. The monoisotopic (exact) mass is 244 g/mol. The maximum atomic E-state index is 6.10. The van der Waals surface area contributed by atoms with Crippen LogP contribution in [-0.2, 0) is 0 Å². The molecule has 2 heteroatoms. The van der Waals surface area contributed by atoms with Crippen molar-refractivity contribution in [1.82, 2.24) is 0 Å². The summed E-state index contributed by atoms with van der Waals surface area (Å²) in [4.78, 5) is 0. The molecule has 1 unspecified atom stereocenters. The molecule has 2 nitrogen and oxygen atoms in total. The lowest BCUT2D eigenvalue weighted by atomic mass is 9.82. The largest absolute Gasteiger partial charge is 0.486 e. The fourth-order valence-electron chi connectivity index (χ4n) is 2.94. The van der Waals surface area contributed by atoms with E-state index in [9.17, 15) is 0 Å². The molecule has 0 spiro atoms. The van der Waals surface area contributed by atoms with Crippen molar-refractivity contribution in [3.05, 3.63) is 35.9 Å². The third-order valence-electron chi connectivity index (χ3n) is 4.14. The van der Waals surface area contributed by atoms with E-state index < -0.39 is 0 Å². The molecule has 3 rings (SSSR count). The zero-order valence-electron chi connectivity index (χ0n) is 10.9. The molecule has 1 aromatic carbocycles. The maximum Gasteiger partial charge on any atom is 0.161 e. The summed E-state index contributed by atoms with van der Waals surface area (Å²) in [7, 11) is 0. The molecule has 1 saturated carbocycles. The van der Waals surface area contributed by atoms with Gasteiger partial charge in [0, 0.05) is 0 Å². The normalized spacial score (nSPS) is 26.8. The standard InChI is InChI=1S/C16H20O2/c1-2-12-7-9-13(10-8-12)16-11-17-14-5-3-4-6-15(14)18-16/h2-6,13,16H,7-11H2,1H3. The second kappa shape index (κ2) is 5.05. The van der Waals surface area contributed by atoms with Gasteiger partial charge in [-0.1, -0.05) is 23.8 Å². The summed E-state index contributed by atoms with van der Waals surface area (Å²) in [5.41, 5.74) is 1.60. The Hall–Kier alpha value is -1.44. The van der Waals surface area contributed by atoms with Crippen LogP contribution in [-0.4, -0.2) is 12.7 Å². The molecule has 96 valence electrons. The van der Waals surface area contributed by atoms with E-state index in [0.29, 0.717) is 12.5 Å². The third kappa shape index (κ3) is 2.24. The second-order valence-corrected chi connectivity index (χ2v) is 5.20. The van der Waals surface area contributed by atoms with E-state index in [1.165, 1.54) is 25.7 Å². The minimum absolute atomic E-state index is 0.235. The fraction of sp³-hybridized carbons (Fsp3) is 0.500. The number of rotatable bonds is 1. The van der Waals surface area contributed by atoms with Crippen LogP contribution in [0.25, 0.3) is 0 Å². The molecule has 0 aromatic heterocycles. The van der Waals surface area contributed by atoms with Crippen LogP contribution in [0.15, 0.2) is 35.9 Å². The third-order valence-corrected chi connectivity index (χ3v) is 4.14. The van der Waals surface area contributed by atoms with Crippen molar-refractivity contribution in [2.75, 3.05) is 6.61 Å². The van der Waals surface area contributed by atoms with Gasteiger partial charge in [0.05, 0.1) is 0 Å². The lowest BCUT2D eigenvalue weighted by molar-refractivity contribution is 0.0380. The van der Waals surface area contributed by atoms with Gasteiger partial charge in [-0.05, 0) is 50.7 Å². The van der Waals surface area contributed by atoms with Gasteiger partial charge in [0.15, 0.2) is 11.5 Å². The molecule has 0 N–H and O–H groups in total. The van der Waals surface area contributed by atoms with Gasteiger partial charge < -0.3 is 9.47 Å². The van der Waals surface area contributed by atoms with E-state index in [1.54, 1.807) is 5.57 Å². The van der Waals surface area contributed by atoms with Crippen molar-refractivity contribution in [2.24, 2.45) is 5.92 Å². The van der Waals surface area contributed by atoms with Crippen molar-refractivity contribution in [2.45, 2.75) is 38.7 Å². The van der Waals surface area contributed by atoms with Crippen LogP contribution in [0.3, 0.4) is 0 Å². The number of ether oxygens (including phenoxy) is 2. The Labute approximate surface area is 109 Å². The van der Waals surface area contributed by atoms with E-state index in [2.05, 4.69) is 13.0 Å². The molecular formula is C16H20O2. The molecule has 2 aliphatic rings. The van der Waals surface area contributed by atoms with Gasteiger partial charge in [-0.15, -0.1) is 0 Å². The van der Waals surface area contributed by atoms with Crippen LogP contribution in [0, 0.1) is 5.92 Å². The predicted molar refractivity (Wildman–Crippen MR) is 72.1 cm³/mol. The summed E-state index contributed by atoms with van der Waals surface area (Å²) in [5.74, 6) is 2.44. The SMILES string of the molecule is CC=C1CCC(C2COc3ccccc3O2)CC1. The molecule has 1 aliphatic carbocycles. The highest BCUT2D eigenvalue weighted by Crippen LogP contribution is 2.37. The summed E-state index contributed by atoms with van der Waals surface area (Å²) in [6.07, 6.45) is 7.42. The maximum absolute atomic E-state index is 6.10. The molecule has 1 fully saturated rings. The number of para-hydroxylation sites is 2. The first-order valence-corrected chi connectivity index (χ1v) is 6.89. The van der Waals surface area contributed by atoms with Crippen LogP contribution >= 0.6 is 0 Å². The highest BCUT2D eigenvalue weighted by atomic mass is 16.6. The van der Waals surface area contributed by atoms with Crippen molar-refractivity contribution in [1.29, 1.82) is 0 Å². The van der Waals surface area contributed by atoms with Gasteiger partial charge in [0.1, 0.15) is 12.7 Å². The second-order valence-electron chi connectivity index (χ2n) is 5.20. The Morgan fingerprint density at radius 1 is 1.11 bits per heavy atom. The zero-order chi connectivity index (χ0) is 12.4. The Morgan fingerprint density at radius 2 is 1.83 bits per heavy atom. The minimum Gasteiger partial charge on any atom is -0.486 e. The molecule has 18 heavy (non-hydrogen) atoms. The molecular weight excluding hydrogens is 224 g/mol. The first-order valence-electron chi connectivity index (χ1n) is 6.89. The number of fused-ring (bicyclic) bond motifs is 1. The van der Waals surface area contributed by atoms with Gasteiger partial charge in [-0.3, -0.25) is 0 Å². The van der Waals surface area contributed by atoms with Crippen molar-refractivity contribution < 1.29 is 9.47 Å². The summed E-state index contributed by atoms with van der Waals surface area (Å²) >= 11 is 0. The number of allylic oxidation sites excluding steroid dienone is 2. The van der Waals surface area contributed by atoms with Gasteiger partial charge >= 0.3 is 0 Å². The van der Waals surface area contributed by atoms with Crippen LogP contribution in [0.5, 0.6) is 11.5 Å². The highest BCUT2D eigenvalue weighted by molar-refractivity contribution is 5.40. The molecule has 0 amide bonds. The van der Waals surface area contributed by atoms with Gasteiger partial charge in [-0.25, -0.2) is 0 Å². The first kappa shape index (κ1) is 11.6. The molecule has 1 atom stereocenters. The summed E-state index contributed by atoms with van der Waals surface area (Å²) in [6.45, 7) is 2.85. The van der Waals surface area contributed by atoms with E-state index >= 15 is 0 Å². The first-order chi connectivity index (χ1) is 8.86. The molecule has 1 heterocycles. The van der Waals surface area contributed by atoms with E-state index in [0.717, 1.165) is 11.5 Å². The lowest BCUT2D eigenvalue weighted by Gasteiger charge is -2.34. The van der Waals surface area contributed by atoms with Crippen molar-refractivity contribution in [3.63, 3.8) is 0 Å². The average molecular weight is 244 g/mol. The van der Waals surface area contributed by atoms with Crippen LogP contribution in [0.2, 0.25) is 0 Å². The van der Waals surface area contributed by atoms with Crippen LogP contribution < -0.4 is 9.47 Å². The fourth-order valence-corrected chi connectivity index (χ4v) is 2.94. The Morgan fingerprint density at radius 3 is 2.56 bits per heavy atom. The number of hydrogen-bond acceptors (Lipinski definition) is 2. The van der Waals surface area contributed by atoms with Gasteiger partial charge in [0.25, 0.3) is 0 Å². The number of benzene rings is 1. The Bertz CT molecular complexity index is 440. The van der Waals surface area contributed by atoms with Crippen molar-refractivity contribution in [3.8, 4) is 11.5 Å². The quantitative estimate of drug-likeness (QED) is 0.696. The molecule has 0 saturated heterocycles. The summed E-state index contributed by atoms with van der Waals surface area (Å²) in [6, 6.07) is 7.97. The highest BCUT2D eigenvalue weighted by Gasteiger charge is 2.30. The van der Waals surface area contributed by atoms with E-state index in [1.807, 2.05) is 24.3 Å². The smallest absolute Gasteiger partial charge is 0.161 e. The molecule has 1 aromatic rings. The van der Waals surface area contributed by atoms with E-state index in [-0.39, 0.29) is 6.10 Å².